The van der Waals surface area contributed by atoms with Gasteiger partial charge in [0.15, 0.2) is 0 Å². The summed E-state index contributed by atoms with van der Waals surface area (Å²) in [4.78, 5) is 2.46. The monoisotopic (exact) mass is 282 g/mol. The van der Waals surface area contributed by atoms with Crippen LogP contribution in [0.15, 0.2) is 0 Å². The van der Waals surface area contributed by atoms with Gasteiger partial charge in [-0.2, -0.15) is 0 Å². The van der Waals surface area contributed by atoms with Crippen LogP contribution in [0.2, 0.25) is 0 Å². The zero-order chi connectivity index (χ0) is 13.7. The molecule has 1 aromatic heterocycles. The molecule has 1 aromatic rings. The summed E-state index contributed by atoms with van der Waals surface area (Å²) in [5, 5.41) is 8.86. The predicted octanol–water partition coefficient (Wildman–Crippen LogP) is 3.37. The Labute approximate surface area is 120 Å². The average molecular weight is 282 g/mol. The fourth-order valence-electron chi connectivity index (χ4n) is 2.85. The summed E-state index contributed by atoms with van der Waals surface area (Å²) in [5.41, 5.74) is 1.11. The van der Waals surface area contributed by atoms with Crippen LogP contribution in [0.1, 0.15) is 51.6 Å². The van der Waals surface area contributed by atoms with Gasteiger partial charge in [-0.1, -0.05) is 31.2 Å². The van der Waals surface area contributed by atoms with Gasteiger partial charge < -0.3 is 5.32 Å². The van der Waals surface area contributed by atoms with E-state index < -0.39 is 0 Å². The molecule has 0 amide bonds. The van der Waals surface area contributed by atoms with Crippen LogP contribution in [-0.4, -0.2) is 34.1 Å². The highest BCUT2D eigenvalue weighted by molar-refractivity contribution is 7.10. The fourth-order valence-corrected chi connectivity index (χ4v) is 3.45. The lowest BCUT2D eigenvalue weighted by molar-refractivity contribution is 0.156. The summed E-state index contributed by atoms with van der Waals surface area (Å²) in [5.74, 6) is 0.868. The van der Waals surface area contributed by atoms with Crippen molar-refractivity contribution >= 4 is 16.5 Å². The highest BCUT2D eigenvalue weighted by Crippen LogP contribution is 2.28. The van der Waals surface area contributed by atoms with E-state index in [1.165, 1.54) is 37.2 Å². The second-order valence-corrected chi connectivity index (χ2v) is 6.57. The summed E-state index contributed by atoms with van der Waals surface area (Å²) < 4.78 is 4.09. The normalized spacial score (nSPS) is 23.8. The molecule has 1 aliphatic rings. The van der Waals surface area contributed by atoms with E-state index in [1.807, 2.05) is 0 Å². The van der Waals surface area contributed by atoms with Crippen LogP contribution in [0, 0.1) is 5.92 Å². The van der Waals surface area contributed by atoms with Crippen molar-refractivity contribution in [3.63, 3.8) is 0 Å². The Bertz CT molecular complexity index is 379. The Morgan fingerprint density at radius 2 is 2.26 bits per heavy atom. The first-order chi connectivity index (χ1) is 9.20. The summed E-state index contributed by atoms with van der Waals surface area (Å²) in [6.07, 6.45) is 6.55. The summed E-state index contributed by atoms with van der Waals surface area (Å²) in [6.45, 7) is 6.47. The number of nitrogens with zero attached hydrogens (tertiary/aromatic N) is 3. The quantitative estimate of drug-likeness (QED) is 0.868. The minimum Gasteiger partial charge on any atom is -0.374 e. The van der Waals surface area contributed by atoms with Crippen molar-refractivity contribution in [3.05, 3.63) is 5.69 Å². The van der Waals surface area contributed by atoms with Gasteiger partial charge in [0.05, 0.1) is 0 Å². The molecule has 108 valence electrons. The van der Waals surface area contributed by atoms with E-state index in [2.05, 4.69) is 40.7 Å². The molecule has 1 heterocycles. The Morgan fingerprint density at radius 3 is 3.00 bits per heavy atom. The summed E-state index contributed by atoms with van der Waals surface area (Å²) >= 11 is 1.48. The van der Waals surface area contributed by atoms with Crippen LogP contribution in [0.4, 0.5) is 5.00 Å². The molecule has 1 N–H and O–H groups in total. The van der Waals surface area contributed by atoms with Gasteiger partial charge in [0, 0.05) is 30.7 Å². The van der Waals surface area contributed by atoms with Crippen LogP contribution in [0.3, 0.4) is 0 Å². The number of anilines is 1. The van der Waals surface area contributed by atoms with Gasteiger partial charge in [0.25, 0.3) is 0 Å². The Hall–Kier alpha value is -0.680. The van der Waals surface area contributed by atoms with Crippen LogP contribution in [0.25, 0.3) is 0 Å². The van der Waals surface area contributed by atoms with Gasteiger partial charge in [-0.05, 0) is 32.2 Å². The average Bonchev–Trinajstić information content (AvgIpc) is 2.83. The zero-order valence-electron chi connectivity index (χ0n) is 12.4. The van der Waals surface area contributed by atoms with Crippen LogP contribution in [-0.2, 0) is 6.54 Å². The summed E-state index contributed by atoms with van der Waals surface area (Å²) in [6, 6.07) is 0.712. The molecule has 0 saturated heterocycles. The largest absolute Gasteiger partial charge is 0.374 e. The molecule has 19 heavy (non-hydrogen) atoms. The predicted molar refractivity (Wildman–Crippen MR) is 81.6 cm³/mol. The molecule has 2 rings (SSSR count). The summed E-state index contributed by atoms with van der Waals surface area (Å²) in [7, 11) is 2.23. The molecule has 0 aliphatic heterocycles. The van der Waals surface area contributed by atoms with Gasteiger partial charge >= 0.3 is 0 Å². The smallest absolute Gasteiger partial charge is 0.134 e. The lowest BCUT2D eigenvalue weighted by Gasteiger charge is -2.33. The first-order valence-electron chi connectivity index (χ1n) is 7.46. The molecule has 0 aromatic carbocycles. The van der Waals surface area contributed by atoms with E-state index in [4.69, 9.17) is 0 Å². The number of rotatable bonds is 6. The van der Waals surface area contributed by atoms with E-state index >= 15 is 0 Å². The molecule has 0 radical (unpaired) electrons. The van der Waals surface area contributed by atoms with Crippen molar-refractivity contribution in [3.8, 4) is 0 Å². The standard InChI is InChI=1S/C14H26N4S/c1-4-8-15-14-13(16-17-19-14)10-18(3)12-7-5-6-11(2)9-12/h11-12,15H,4-10H2,1-3H3. The maximum absolute atomic E-state index is 4.29. The van der Waals surface area contributed by atoms with E-state index in [0.717, 1.165) is 36.1 Å². The van der Waals surface area contributed by atoms with E-state index in [9.17, 15) is 0 Å². The van der Waals surface area contributed by atoms with E-state index in [1.54, 1.807) is 0 Å². The number of nitrogens with one attached hydrogen (secondary N) is 1. The van der Waals surface area contributed by atoms with Crippen molar-refractivity contribution in [1.29, 1.82) is 0 Å². The highest BCUT2D eigenvalue weighted by atomic mass is 32.1. The zero-order valence-corrected chi connectivity index (χ0v) is 13.2. The van der Waals surface area contributed by atoms with Crippen molar-refractivity contribution in [1.82, 2.24) is 14.5 Å². The second-order valence-electron chi connectivity index (χ2n) is 5.82. The lowest BCUT2D eigenvalue weighted by atomic mass is 9.86. The van der Waals surface area contributed by atoms with E-state index in [-0.39, 0.29) is 0 Å². The van der Waals surface area contributed by atoms with Crippen LogP contribution < -0.4 is 5.32 Å². The maximum atomic E-state index is 4.29. The third-order valence-electron chi connectivity index (χ3n) is 4.02. The molecule has 1 fully saturated rings. The SMILES string of the molecule is CCCNc1snnc1CN(C)C1CCCC(C)C1. The molecule has 5 heteroatoms. The number of hydrogen-bond donors (Lipinski definition) is 1. The second kappa shape index (κ2) is 7.20. The minimum atomic E-state index is 0.712. The van der Waals surface area contributed by atoms with Gasteiger partial charge in [-0.25, -0.2) is 0 Å². The number of aromatic nitrogens is 2. The molecular weight excluding hydrogens is 256 g/mol. The van der Waals surface area contributed by atoms with Crippen molar-refractivity contribution in [2.24, 2.45) is 5.92 Å². The first kappa shape index (κ1) is 14.7. The van der Waals surface area contributed by atoms with Gasteiger partial charge in [0.2, 0.25) is 0 Å². The van der Waals surface area contributed by atoms with Crippen molar-refractivity contribution in [2.75, 3.05) is 18.9 Å². The van der Waals surface area contributed by atoms with Crippen molar-refractivity contribution in [2.45, 2.75) is 58.5 Å². The Balaban J connectivity index is 1.90. The molecule has 2 unspecified atom stereocenters. The molecule has 0 spiro atoms. The van der Waals surface area contributed by atoms with Crippen LogP contribution in [0.5, 0.6) is 0 Å². The van der Waals surface area contributed by atoms with Gasteiger partial charge in [0.1, 0.15) is 10.7 Å². The lowest BCUT2D eigenvalue weighted by Crippen LogP contribution is -2.35. The topological polar surface area (TPSA) is 41.1 Å². The Kier molecular flexibility index (Phi) is 5.58. The minimum absolute atomic E-state index is 0.712. The fraction of sp³-hybridized carbons (Fsp3) is 0.857. The van der Waals surface area contributed by atoms with Crippen LogP contribution >= 0.6 is 11.5 Å². The van der Waals surface area contributed by atoms with Gasteiger partial charge in [-0.3, -0.25) is 4.90 Å². The molecule has 4 nitrogen and oxygen atoms in total. The molecule has 1 saturated carbocycles. The number of hydrogen-bond acceptors (Lipinski definition) is 5. The van der Waals surface area contributed by atoms with Crippen molar-refractivity contribution < 1.29 is 0 Å². The third-order valence-corrected chi connectivity index (χ3v) is 4.75. The third kappa shape index (κ3) is 4.14. The molecule has 2 atom stereocenters. The molecule has 1 aliphatic carbocycles. The highest BCUT2D eigenvalue weighted by Gasteiger charge is 2.23. The van der Waals surface area contributed by atoms with Gasteiger partial charge in [-0.15, -0.1) is 5.10 Å². The van der Waals surface area contributed by atoms with E-state index in [0.29, 0.717) is 6.04 Å². The molecule has 0 bridgehead atoms. The maximum Gasteiger partial charge on any atom is 0.134 e. The first-order valence-corrected chi connectivity index (χ1v) is 8.23. The Morgan fingerprint density at radius 1 is 1.42 bits per heavy atom. The molecular formula is C14H26N4S.